The van der Waals surface area contributed by atoms with E-state index >= 15 is 0 Å². The second-order valence-corrected chi connectivity index (χ2v) is 6.99. The average molecular weight is 356 g/mol. The lowest BCUT2D eigenvalue weighted by atomic mass is 9.80. The second kappa shape index (κ2) is 7.46. The van der Waals surface area contributed by atoms with E-state index < -0.39 is 17.7 Å². The molecule has 1 saturated heterocycles. The van der Waals surface area contributed by atoms with Gasteiger partial charge < -0.3 is 14.2 Å². The predicted molar refractivity (Wildman–Crippen MR) is 96.1 cm³/mol. The summed E-state index contributed by atoms with van der Waals surface area (Å²) in [5, 5.41) is 0. The van der Waals surface area contributed by atoms with E-state index in [-0.39, 0.29) is 30.1 Å². The zero-order valence-electron chi connectivity index (χ0n) is 15.0. The molecular formula is C21H24O5. The number of carbonyl (C=O) groups excluding carboxylic acids is 2. The van der Waals surface area contributed by atoms with Gasteiger partial charge in [-0.25, -0.2) is 9.59 Å². The van der Waals surface area contributed by atoms with Crippen molar-refractivity contribution in [1.82, 2.24) is 0 Å². The highest BCUT2D eigenvalue weighted by Crippen LogP contribution is 2.46. The summed E-state index contributed by atoms with van der Waals surface area (Å²) in [4.78, 5) is 24.5. The molecule has 1 saturated carbocycles. The van der Waals surface area contributed by atoms with Gasteiger partial charge in [-0.05, 0) is 31.7 Å². The van der Waals surface area contributed by atoms with E-state index in [1.807, 2.05) is 30.3 Å². The molecule has 1 aromatic rings. The molecule has 1 aliphatic heterocycles. The Kier molecular flexibility index (Phi) is 5.28. The maximum atomic E-state index is 12.4. The molecule has 0 spiro atoms. The zero-order valence-corrected chi connectivity index (χ0v) is 15.0. The van der Waals surface area contributed by atoms with Crippen molar-refractivity contribution in [3.8, 4) is 0 Å². The van der Waals surface area contributed by atoms with Gasteiger partial charge in [-0.1, -0.05) is 43.5 Å². The molecule has 0 radical (unpaired) electrons. The molecule has 0 N–H and O–H groups in total. The Balaban J connectivity index is 1.95. The third-order valence-corrected chi connectivity index (χ3v) is 4.97. The molecule has 1 heterocycles. The third kappa shape index (κ3) is 4.05. The Morgan fingerprint density at radius 3 is 2.58 bits per heavy atom. The van der Waals surface area contributed by atoms with Gasteiger partial charge in [-0.2, -0.15) is 0 Å². The van der Waals surface area contributed by atoms with Crippen LogP contribution in [0.2, 0.25) is 0 Å². The van der Waals surface area contributed by atoms with Crippen molar-refractivity contribution in [2.24, 2.45) is 5.92 Å². The van der Waals surface area contributed by atoms with Crippen LogP contribution in [0.15, 0.2) is 55.1 Å². The molecule has 1 aliphatic carbocycles. The van der Waals surface area contributed by atoms with Gasteiger partial charge >= 0.3 is 11.9 Å². The summed E-state index contributed by atoms with van der Waals surface area (Å²) in [6, 6.07) is 9.55. The minimum absolute atomic E-state index is 0.148. The zero-order chi connectivity index (χ0) is 18.7. The summed E-state index contributed by atoms with van der Waals surface area (Å²) in [7, 11) is 0. The average Bonchev–Trinajstić information content (AvgIpc) is 3.40. The SMILES string of the molecule is C=CC(=O)OC(Cc1ccccc1)(OC(=O)C(=C)C)C1CCC2OC2C1. The van der Waals surface area contributed by atoms with Crippen molar-refractivity contribution in [3.63, 3.8) is 0 Å². The van der Waals surface area contributed by atoms with Gasteiger partial charge in [0.25, 0.3) is 5.79 Å². The molecule has 1 aromatic carbocycles. The number of fused-ring (bicyclic) bond motifs is 1. The van der Waals surface area contributed by atoms with Gasteiger partial charge in [0, 0.05) is 17.6 Å². The molecule has 5 heteroatoms. The Labute approximate surface area is 153 Å². The lowest BCUT2D eigenvalue weighted by Crippen LogP contribution is -2.50. The first-order chi connectivity index (χ1) is 12.4. The van der Waals surface area contributed by atoms with E-state index in [1.54, 1.807) is 6.92 Å². The number of rotatable bonds is 7. The fraction of sp³-hybridized carbons (Fsp3) is 0.429. The van der Waals surface area contributed by atoms with Crippen molar-refractivity contribution < 1.29 is 23.8 Å². The first-order valence-electron chi connectivity index (χ1n) is 8.87. The molecule has 5 nitrogen and oxygen atoms in total. The Morgan fingerprint density at radius 1 is 1.23 bits per heavy atom. The van der Waals surface area contributed by atoms with E-state index in [2.05, 4.69) is 13.2 Å². The monoisotopic (exact) mass is 356 g/mol. The minimum atomic E-state index is -1.40. The first-order valence-corrected chi connectivity index (χ1v) is 8.87. The van der Waals surface area contributed by atoms with Crippen LogP contribution in [-0.2, 0) is 30.2 Å². The molecule has 0 amide bonds. The number of epoxide rings is 1. The predicted octanol–water partition coefficient (Wildman–Crippen LogP) is 3.34. The highest BCUT2D eigenvalue weighted by molar-refractivity contribution is 5.87. The van der Waals surface area contributed by atoms with Gasteiger partial charge in [0.1, 0.15) is 0 Å². The van der Waals surface area contributed by atoms with Crippen molar-refractivity contribution in [2.45, 2.75) is 50.6 Å². The molecule has 138 valence electrons. The van der Waals surface area contributed by atoms with Crippen molar-refractivity contribution in [3.05, 3.63) is 60.7 Å². The van der Waals surface area contributed by atoms with Gasteiger partial charge in [-0.3, -0.25) is 0 Å². The van der Waals surface area contributed by atoms with Crippen LogP contribution in [0.25, 0.3) is 0 Å². The molecule has 2 fully saturated rings. The quantitative estimate of drug-likeness (QED) is 0.324. The molecular weight excluding hydrogens is 332 g/mol. The third-order valence-electron chi connectivity index (χ3n) is 4.97. The van der Waals surface area contributed by atoms with E-state index in [0.29, 0.717) is 6.42 Å². The summed E-state index contributed by atoms with van der Waals surface area (Å²) < 4.78 is 17.1. The topological polar surface area (TPSA) is 65.1 Å². The lowest BCUT2D eigenvalue weighted by Gasteiger charge is -2.40. The van der Waals surface area contributed by atoms with Crippen LogP contribution in [0, 0.1) is 5.92 Å². The molecule has 4 atom stereocenters. The fourth-order valence-corrected chi connectivity index (χ4v) is 3.54. The van der Waals surface area contributed by atoms with Gasteiger partial charge in [0.15, 0.2) is 0 Å². The summed E-state index contributed by atoms with van der Waals surface area (Å²) in [5.74, 6) is -2.75. The normalized spacial score (nSPS) is 26.0. The van der Waals surface area contributed by atoms with Gasteiger partial charge in [0.05, 0.1) is 18.6 Å². The van der Waals surface area contributed by atoms with Crippen LogP contribution in [0.4, 0.5) is 0 Å². The Morgan fingerprint density at radius 2 is 1.96 bits per heavy atom. The molecule has 0 aromatic heterocycles. The van der Waals surface area contributed by atoms with Crippen molar-refractivity contribution in [2.75, 3.05) is 0 Å². The Bertz CT molecular complexity index is 710. The van der Waals surface area contributed by atoms with Crippen LogP contribution < -0.4 is 0 Å². The lowest BCUT2D eigenvalue weighted by molar-refractivity contribution is -0.245. The standard InChI is InChI=1S/C21H24O5/c1-4-19(22)25-21(26-20(23)14(2)3,13-15-8-6-5-7-9-15)16-10-11-17-18(12-16)24-17/h4-9,16-18H,1-2,10-13H2,3H3. The summed E-state index contributed by atoms with van der Waals surface area (Å²) in [6.45, 7) is 8.71. The molecule has 0 bridgehead atoms. The number of hydrogen-bond acceptors (Lipinski definition) is 5. The smallest absolute Gasteiger partial charge is 0.336 e. The largest absolute Gasteiger partial charge is 0.419 e. The van der Waals surface area contributed by atoms with Crippen LogP contribution in [0.1, 0.15) is 31.7 Å². The summed E-state index contributed by atoms with van der Waals surface area (Å²) in [5.41, 5.74) is 1.17. The maximum absolute atomic E-state index is 12.4. The van der Waals surface area contributed by atoms with Gasteiger partial charge in [-0.15, -0.1) is 0 Å². The van der Waals surface area contributed by atoms with Crippen LogP contribution in [0.5, 0.6) is 0 Å². The van der Waals surface area contributed by atoms with E-state index in [0.717, 1.165) is 24.5 Å². The first kappa shape index (κ1) is 18.4. The van der Waals surface area contributed by atoms with Crippen LogP contribution in [0.3, 0.4) is 0 Å². The Hall–Kier alpha value is -2.40. The van der Waals surface area contributed by atoms with Crippen molar-refractivity contribution in [1.29, 1.82) is 0 Å². The van der Waals surface area contributed by atoms with Crippen LogP contribution >= 0.6 is 0 Å². The fourth-order valence-electron chi connectivity index (χ4n) is 3.54. The maximum Gasteiger partial charge on any atom is 0.336 e. The molecule has 26 heavy (non-hydrogen) atoms. The summed E-state index contributed by atoms with van der Waals surface area (Å²) >= 11 is 0. The minimum Gasteiger partial charge on any atom is -0.419 e. The number of ether oxygens (including phenoxy) is 3. The summed E-state index contributed by atoms with van der Waals surface area (Å²) in [6.07, 6.45) is 4.10. The van der Waals surface area contributed by atoms with E-state index in [1.165, 1.54) is 0 Å². The molecule has 3 rings (SSSR count). The highest BCUT2D eigenvalue weighted by Gasteiger charge is 2.54. The highest BCUT2D eigenvalue weighted by atomic mass is 16.7. The van der Waals surface area contributed by atoms with E-state index in [4.69, 9.17) is 14.2 Å². The van der Waals surface area contributed by atoms with Crippen molar-refractivity contribution >= 4 is 11.9 Å². The number of benzene rings is 1. The van der Waals surface area contributed by atoms with E-state index in [9.17, 15) is 9.59 Å². The molecule has 4 unspecified atom stereocenters. The van der Waals surface area contributed by atoms with Crippen LogP contribution in [-0.4, -0.2) is 29.9 Å². The van der Waals surface area contributed by atoms with Gasteiger partial charge in [0.2, 0.25) is 0 Å². The number of carbonyl (C=O) groups is 2. The second-order valence-electron chi connectivity index (χ2n) is 6.99. The number of esters is 2. The molecule has 2 aliphatic rings. The number of hydrogen-bond donors (Lipinski definition) is 0.